The van der Waals surface area contributed by atoms with E-state index in [0.29, 0.717) is 10.6 Å². The SMILES string of the molecule is Cc1cc(C(=O)NCCCCCBr)ccc1Cl. The molecule has 0 atom stereocenters. The van der Waals surface area contributed by atoms with Gasteiger partial charge >= 0.3 is 0 Å². The average Bonchev–Trinajstić information content (AvgIpc) is 2.32. The lowest BCUT2D eigenvalue weighted by Gasteiger charge is -2.06. The first-order valence-corrected chi connectivity index (χ1v) is 7.25. The molecule has 1 rings (SSSR count). The molecule has 2 nitrogen and oxygen atoms in total. The van der Waals surface area contributed by atoms with Crippen molar-refractivity contribution < 1.29 is 4.79 Å². The molecule has 0 unspecified atom stereocenters. The van der Waals surface area contributed by atoms with Crippen molar-refractivity contribution in [2.24, 2.45) is 0 Å². The number of aryl methyl sites for hydroxylation is 1. The summed E-state index contributed by atoms with van der Waals surface area (Å²) in [5.74, 6) is -0.0244. The van der Waals surface area contributed by atoms with Gasteiger partial charge in [0, 0.05) is 22.5 Å². The van der Waals surface area contributed by atoms with Crippen LogP contribution in [0, 0.1) is 6.92 Å². The van der Waals surface area contributed by atoms with Gasteiger partial charge in [-0.3, -0.25) is 4.79 Å². The van der Waals surface area contributed by atoms with Crippen LogP contribution in [0.3, 0.4) is 0 Å². The molecule has 1 aromatic carbocycles. The van der Waals surface area contributed by atoms with Crippen molar-refractivity contribution in [2.45, 2.75) is 26.2 Å². The Kier molecular flexibility index (Phi) is 6.60. The minimum Gasteiger partial charge on any atom is -0.352 e. The van der Waals surface area contributed by atoms with E-state index in [0.717, 1.165) is 36.7 Å². The molecule has 0 fully saturated rings. The molecular formula is C13H17BrClNO. The first-order valence-electron chi connectivity index (χ1n) is 5.75. The summed E-state index contributed by atoms with van der Waals surface area (Å²) in [6, 6.07) is 5.33. The lowest BCUT2D eigenvalue weighted by molar-refractivity contribution is 0.0953. The van der Waals surface area contributed by atoms with Crippen molar-refractivity contribution in [3.05, 3.63) is 34.3 Å². The monoisotopic (exact) mass is 317 g/mol. The first kappa shape index (κ1) is 14.5. The van der Waals surface area contributed by atoms with E-state index in [9.17, 15) is 4.79 Å². The first-order chi connectivity index (χ1) is 8.15. The summed E-state index contributed by atoms with van der Waals surface area (Å²) < 4.78 is 0. The van der Waals surface area contributed by atoms with E-state index in [1.165, 1.54) is 0 Å². The molecule has 1 N–H and O–H groups in total. The number of benzene rings is 1. The summed E-state index contributed by atoms with van der Waals surface area (Å²) in [6.45, 7) is 2.63. The molecule has 0 aliphatic rings. The normalized spacial score (nSPS) is 10.3. The van der Waals surface area contributed by atoms with Crippen LogP contribution in [0.5, 0.6) is 0 Å². The van der Waals surface area contributed by atoms with Crippen molar-refractivity contribution >= 4 is 33.4 Å². The number of unbranched alkanes of at least 4 members (excludes halogenated alkanes) is 2. The predicted molar refractivity (Wildman–Crippen MR) is 76.2 cm³/mol. The van der Waals surface area contributed by atoms with Crippen LogP contribution in [-0.4, -0.2) is 17.8 Å². The van der Waals surface area contributed by atoms with Gasteiger partial charge in [-0.15, -0.1) is 0 Å². The van der Waals surface area contributed by atoms with Gasteiger partial charge in [0.1, 0.15) is 0 Å². The molecule has 0 heterocycles. The van der Waals surface area contributed by atoms with E-state index in [1.54, 1.807) is 12.1 Å². The number of alkyl halides is 1. The highest BCUT2D eigenvalue weighted by Gasteiger charge is 2.05. The number of halogens is 2. The van der Waals surface area contributed by atoms with E-state index in [2.05, 4.69) is 21.2 Å². The molecular weight excluding hydrogens is 302 g/mol. The Morgan fingerprint density at radius 1 is 1.35 bits per heavy atom. The number of rotatable bonds is 6. The van der Waals surface area contributed by atoms with Gasteiger partial charge in [-0.2, -0.15) is 0 Å². The Balaban J connectivity index is 2.39. The minimum atomic E-state index is -0.0244. The maximum absolute atomic E-state index is 11.8. The van der Waals surface area contributed by atoms with Crippen LogP contribution >= 0.6 is 27.5 Å². The molecule has 1 aromatic rings. The van der Waals surface area contributed by atoms with Gasteiger partial charge in [-0.25, -0.2) is 0 Å². The van der Waals surface area contributed by atoms with Crippen molar-refractivity contribution in [1.29, 1.82) is 0 Å². The summed E-state index contributed by atoms with van der Waals surface area (Å²) in [4.78, 5) is 11.8. The Hall–Kier alpha value is -0.540. The van der Waals surface area contributed by atoms with Crippen LogP contribution in [0.1, 0.15) is 35.2 Å². The maximum Gasteiger partial charge on any atom is 0.251 e. The van der Waals surface area contributed by atoms with Gasteiger partial charge in [0.15, 0.2) is 0 Å². The zero-order valence-corrected chi connectivity index (χ0v) is 12.3. The maximum atomic E-state index is 11.8. The number of nitrogens with one attached hydrogen (secondary N) is 1. The van der Waals surface area contributed by atoms with Crippen LogP contribution in [0.25, 0.3) is 0 Å². The van der Waals surface area contributed by atoms with Gasteiger partial charge < -0.3 is 5.32 Å². The molecule has 17 heavy (non-hydrogen) atoms. The Morgan fingerprint density at radius 2 is 2.12 bits per heavy atom. The van der Waals surface area contributed by atoms with Crippen LogP contribution < -0.4 is 5.32 Å². The van der Waals surface area contributed by atoms with E-state index in [-0.39, 0.29) is 5.91 Å². The molecule has 0 aromatic heterocycles. The Labute approximate surface area is 116 Å². The van der Waals surface area contributed by atoms with Crippen LogP contribution in [0.15, 0.2) is 18.2 Å². The van der Waals surface area contributed by atoms with Crippen molar-refractivity contribution in [1.82, 2.24) is 5.32 Å². The fourth-order valence-corrected chi connectivity index (χ4v) is 2.00. The highest BCUT2D eigenvalue weighted by atomic mass is 79.9. The standard InChI is InChI=1S/C13H17BrClNO/c1-10-9-11(5-6-12(10)15)13(17)16-8-4-2-3-7-14/h5-6,9H,2-4,7-8H2,1H3,(H,16,17). The summed E-state index contributed by atoms with van der Waals surface area (Å²) in [6.07, 6.45) is 3.30. The fraction of sp³-hybridized carbons (Fsp3) is 0.462. The summed E-state index contributed by atoms with van der Waals surface area (Å²) in [5.41, 5.74) is 1.60. The molecule has 0 radical (unpaired) electrons. The van der Waals surface area contributed by atoms with E-state index in [1.807, 2.05) is 13.0 Å². The Morgan fingerprint density at radius 3 is 2.76 bits per heavy atom. The highest BCUT2D eigenvalue weighted by Crippen LogP contribution is 2.16. The van der Waals surface area contributed by atoms with E-state index in [4.69, 9.17) is 11.6 Å². The molecule has 0 spiro atoms. The topological polar surface area (TPSA) is 29.1 Å². The molecule has 0 saturated heterocycles. The molecule has 0 aliphatic carbocycles. The molecule has 0 saturated carbocycles. The van der Waals surface area contributed by atoms with Gasteiger partial charge in [-0.1, -0.05) is 34.0 Å². The number of hydrogen-bond acceptors (Lipinski definition) is 1. The molecule has 0 aliphatic heterocycles. The zero-order chi connectivity index (χ0) is 12.7. The number of amides is 1. The lowest BCUT2D eigenvalue weighted by Crippen LogP contribution is -2.24. The second-order valence-electron chi connectivity index (χ2n) is 3.97. The Bertz CT molecular complexity index is 382. The van der Waals surface area contributed by atoms with Crippen molar-refractivity contribution in [3.63, 3.8) is 0 Å². The summed E-state index contributed by atoms with van der Waals surface area (Å²) in [7, 11) is 0. The smallest absolute Gasteiger partial charge is 0.251 e. The van der Waals surface area contributed by atoms with Crippen molar-refractivity contribution in [2.75, 3.05) is 11.9 Å². The largest absolute Gasteiger partial charge is 0.352 e. The van der Waals surface area contributed by atoms with Crippen LogP contribution in [-0.2, 0) is 0 Å². The zero-order valence-electron chi connectivity index (χ0n) is 9.93. The fourth-order valence-electron chi connectivity index (χ4n) is 1.49. The summed E-state index contributed by atoms with van der Waals surface area (Å²) >= 11 is 9.29. The number of carbonyl (C=O) groups is 1. The van der Waals surface area contributed by atoms with E-state index >= 15 is 0 Å². The second-order valence-corrected chi connectivity index (χ2v) is 5.17. The van der Waals surface area contributed by atoms with Gasteiger partial charge in [0.2, 0.25) is 0 Å². The molecule has 4 heteroatoms. The average molecular weight is 319 g/mol. The number of carbonyl (C=O) groups excluding carboxylic acids is 1. The lowest BCUT2D eigenvalue weighted by atomic mass is 10.1. The molecule has 1 amide bonds. The summed E-state index contributed by atoms with van der Waals surface area (Å²) in [5, 5.41) is 4.63. The second kappa shape index (κ2) is 7.72. The van der Waals surface area contributed by atoms with Crippen LogP contribution in [0.4, 0.5) is 0 Å². The van der Waals surface area contributed by atoms with Gasteiger partial charge in [0.05, 0.1) is 0 Å². The third-order valence-corrected chi connectivity index (χ3v) is 3.50. The highest BCUT2D eigenvalue weighted by molar-refractivity contribution is 9.09. The molecule has 0 bridgehead atoms. The van der Waals surface area contributed by atoms with Crippen LogP contribution in [0.2, 0.25) is 5.02 Å². The predicted octanol–water partition coefficient (Wildman–Crippen LogP) is 3.94. The van der Waals surface area contributed by atoms with Crippen molar-refractivity contribution in [3.8, 4) is 0 Å². The quantitative estimate of drug-likeness (QED) is 0.624. The van der Waals surface area contributed by atoms with E-state index < -0.39 is 0 Å². The van der Waals surface area contributed by atoms with Gasteiger partial charge in [0.25, 0.3) is 5.91 Å². The van der Waals surface area contributed by atoms with Gasteiger partial charge in [-0.05, 0) is 43.5 Å². The number of hydrogen-bond donors (Lipinski definition) is 1. The molecule has 94 valence electrons. The third kappa shape index (κ3) is 5.09. The third-order valence-electron chi connectivity index (χ3n) is 2.52. The minimum absolute atomic E-state index is 0.0244.